The van der Waals surface area contributed by atoms with Gasteiger partial charge in [-0.1, -0.05) is 42.8 Å². The van der Waals surface area contributed by atoms with Gasteiger partial charge in [-0.05, 0) is 54.3 Å². The SMILES string of the molecule is CCc1ccccc1Oc1ccc(C2CCN(C(=O)c3ncccc3Cl)C2)c(C(=O)O)c1. The van der Waals surface area contributed by atoms with E-state index >= 15 is 0 Å². The smallest absolute Gasteiger partial charge is 0.336 e. The van der Waals surface area contributed by atoms with Crippen LogP contribution in [0.15, 0.2) is 60.8 Å². The summed E-state index contributed by atoms with van der Waals surface area (Å²) in [5.74, 6) is -0.176. The predicted octanol–water partition coefficient (Wildman–Crippen LogP) is 5.42. The number of aryl methyl sites for hydroxylation is 1. The molecule has 1 aliphatic heterocycles. The van der Waals surface area contributed by atoms with E-state index in [4.69, 9.17) is 16.3 Å². The van der Waals surface area contributed by atoms with E-state index in [1.54, 1.807) is 35.2 Å². The van der Waals surface area contributed by atoms with Crippen LogP contribution in [0.5, 0.6) is 11.5 Å². The van der Waals surface area contributed by atoms with Gasteiger partial charge in [-0.25, -0.2) is 9.78 Å². The Labute approximate surface area is 191 Å². The van der Waals surface area contributed by atoms with Crippen molar-refractivity contribution in [2.45, 2.75) is 25.7 Å². The number of carbonyl (C=O) groups is 2. The van der Waals surface area contributed by atoms with Gasteiger partial charge in [-0.2, -0.15) is 0 Å². The third-order valence-electron chi connectivity index (χ3n) is 5.71. The summed E-state index contributed by atoms with van der Waals surface area (Å²) >= 11 is 6.12. The molecule has 7 heteroatoms. The van der Waals surface area contributed by atoms with Gasteiger partial charge in [0.05, 0.1) is 10.6 Å². The highest BCUT2D eigenvalue weighted by molar-refractivity contribution is 6.33. The van der Waals surface area contributed by atoms with Crippen molar-refractivity contribution in [1.82, 2.24) is 9.88 Å². The summed E-state index contributed by atoms with van der Waals surface area (Å²) in [7, 11) is 0. The Morgan fingerprint density at radius 2 is 2.00 bits per heavy atom. The first kappa shape index (κ1) is 21.8. The molecule has 32 heavy (non-hydrogen) atoms. The minimum Gasteiger partial charge on any atom is -0.478 e. The topological polar surface area (TPSA) is 79.7 Å². The Morgan fingerprint density at radius 1 is 1.19 bits per heavy atom. The van der Waals surface area contributed by atoms with E-state index in [0.29, 0.717) is 41.6 Å². The molecule has 1 amide bonds. The maximum atomic E-state index is 12.8. The molecule has 0 radical (unpaired) electrons. The Hall–Kier alpha value is -3.38. The van der Waals surface area contributed by atoms with Crippen molar-refractivity contribution in [1.29, 1.82) is 0 Å². The molecule has 1 fully saturated rings. The largest absolute Gasteiger partial charge is 0.478 e. The molecule has 1 N–H and O–H groups in total. The second-order valence-corrected chi connectivity index (χ2v) is 8.10. The van der Waals surface area contributed by atoms with Crippen LogP contribution in [0.25, 0.3) is 0 Å². The van der Waals surface area contributed by atoms with E-state index in [2.05, 4.69) is 4.98 Å². The van der Waals surface area contributed by atoms with E-state index in [9.17, 15) is 14.7 Å². The summed E-state index contributed by atoms with van der Waals surface area (Å²) in [6, 6.07) is 16.1. The number of carboxylic acids is 1. The van der Waals surface area contributed by atoms with Gasteiger partial charge < -0.3 is 14.7 Å². The number of carboxylic acid groups (broad SMARTS) is 1. The van der Waals surface area contributed by atoms with Gasteiger partial charge in [0.25, 0.3) is 5.91 Å². The number of amides is 1. The predicted molar refractivity (Wildman–Crippen MR) is 122 cm³/mol. The number of rotatable bonds is 6. The second-order valence-electron chi connectivity index (χ2n) is 7.69. The minimum atomic E-state index is -1.02. The standard InChI is InChI=1S/C25H23ClN2O4/c1-2-16-6-3-4-8-22(16)32-18-9-10-19(20(14-18)25(30)31)17-11-13-28(15-17)24(29)23-21(26)7-5-12-27-23/h3-10,12,14,17H,2,11,13,15H2,1H3,(H,30,31). The first-order valence-corrected chi connectivity index (χ1v) is 10.9. The second kappa shape index (κ2) is 9.40. The minimum absolute atomic E-state index is 0.0930. The van der Waals surface area contributed by atoms with Crippen molar-refractivity contribution in [2.75, 3.05) is 13.1 Å². The number of carbonyl (C=O) groups excluding carboxylic acids is 1. The molecular weight excluding hydrogens is 428 g/mol. The summed E-state index contributed by atoms with van der Waals surface area (Å²) in [5.41, 5.74) is 2.14. The molecule has 0 aliphatic carbocycles. The lowest BCUT2D eigenvalue weighted by Gasteiger charge is -2.18. The first-order chi connectivity index (χ1) is 15.5. The average molecular weight is 451 g/mol. The van der Waals surface area contributed by atoms with Crippen LogP contribution in [-0.2, 0) is 6.42 Å². The van der Waals surface area contributed by atoms with Crippen LogP contribution >= 0.6 is 11.6 Å². The summed E-state index contributed by atoms with van der Waals surface area (Å²) in [6.45, 7) is 2.96. The number of para-hydroxylation sites is 1. The Balaban J connectivity index is 1.56. The van der Waals surface area contributed by atoms with Gasteiger partial charge >= 0.3 is 5.97 Å². The molecule has 0 saturated carbocycles. The van der Waals surface area contributed by atoms with Gasteiger partial charge in [0.2, 0.25) is 0 Å². The van der Waals surface area contributed by atoms with Gasteiger partial charge in [0.15, 0.2) is 0 Å². The lowest BCUT2D eigenvalue weighted by molar-refractivity contribution is 0.0694. The molecule has 0 spiro atoms. The zero-order chi connectivity index (χ0) is 22.7. The quantitative estimate of drug-likeness (QED) is 0.542. The Kier molecular flexibility index (Phi) is 6.42. The van der Waals surface area contributed by atoms with E-state index in [0.717, 1.165) is 12.0 Å². The van der Waals surface area contributed by atoms with Crippen LogP contribution < -0.4 is 4.74 Å². The van der Waals surface area contributed by atoms with Crippen LogP contribution in [0.4, 0.5) is 0 Å². The molecule has 1 saturated heterocycles. The molecule has 1 aliphatic rings. The third kappa shape index (κ3) is 4.46. The fourth-order valence-electron chi connectivity index (χ4n) is 4.05. The summed E-state index contributed by atoms with van der Waals surface area (Å²) in [6.07, 6.45) is 3.01. The highest BCUT2D eigenvalue weighted by Gasteiger charge is 2.31. The van der Waals surface area contributed by atoms with Crippen molar-refractivity contribution in [3.8, 4) is 11.5 Å². The van der Waals surface area contributed by atoms with Crippen molar-refractivity contribution >= 4 is 23.5 Å². The summed E-state index contributed by atoms with van der Waals surface area (Å²) in [4.78, 5) is 30.6. The summed E-state index contributed by atoms with van der Waals surface area (Å²) < 4.78 is 5.99. The van der Waals surface area contributed by atoms with Gasteiger partial charge in [0.1, 0.15) is 17.2 Å². The summed E-state index contributed by atoms with van der Waals surface area (Å²) in [5, 5.41) is 10.1. The molecule has 4 rings (SSSR count). The third-order valence-corrected chi connectivity index (χ3v) is 6.02. The highest BCUT2D eigenvalue weighted by atomic mass is 35.5. The van der Waals surface area contributed by atoms with Crippen LogP contribution in [0, 0.1) is 0 Å². The maximum absolute atomic E-state index is 12.8. The fourth-order valence-corrected chi connectivity index (χ4v) is 4.26. The zero-order valence-electron chi connectivity index (χ0n) is 17.6. The number of hydrogen-bond acceptors (Lipinski definition) is 4. The monoisotopic (exact) mass is 450 g/mol. The number of pyridine rings is 1. The number of aromatic nitrogens is 1. The van der Waals surface area contributed by atoms with Gasteiger partial charge in [-0.3, -0.25) is 4.79 Å². The van der Waals surface area contributed by atoms with Crippen molar-refractivity contribution in [3.05, 3.63) is 88.2 Å². The molecule has 1 atom stereocenters. The fraction of sp³-hybridized carbons (Fsp3) is 0.240. The van der Waals surface area contributed by atoms with Crippen molar-refractivity contribution in [2.24, 2.45) is 0 Å². The molecule has 3 aromatic rings. The van der Waals surface area contributed by atoms with E-state index < -0.39 is 5.97 Å². The number of likely N-dealkylation sites (tertiary alicyclic amines) is 1. The van der Waals surface area contributed by atoms with E-state index in [1.165, 1.54) is 6.20 Å². The molecular formula is C25H23ClN2O4. The van der Waals surface area contributed by atoms with Crippen molar-refractivity contribution in [3.63, 3.8) is 0 Å². The number of nitrogens with zero attached hydrogens (tertiary/aromatic N) is 2. The number of halogens is 1. The lowest BCUT2D eigenvalue weighted by Crippen LogP contribution is -2.29. The number of hydrogen-bond donors (Lipinski definition) is 1. The van der Waals surface area contributed by atoms with Crippen LogP contribution in [-0.4, -0.2) is 40.0 Å². The lowest BCUT2D eigenvalue weighted by atomic mass is 9.93. The number of benzene rings is 2. The molecule has 2 heterocycles. The molecule has 164 valence electrons. The normalized spacial score (nSPS) is 15.6. The number of aromatic carboxylic acids is 1. The molecule has 1 aromatic heterocycles. The molecule has 1 unspecified atom stereocenters. The van der Waals surface area contributed by atoms with Crippen LogP contribution in [0.1, 0.15) is 51.2 Å². The molecule has 2 aromatic carbocycles. The molecule has 6 nitrogen and oxygen atoms in total. The first-order valence-electron chi connectivity index (χ1n) is 10.5. The average Bonchev–Trinajstić information content (AvgIpc) is 3.29. The van der Waals surface area contributed by atoms with E-state index in [1.807, 2.05) is 31.2 Å². The van der Waals surface area contributed by atoms with Crippen LogP contribution in [0.3, 0.4) is 0 Å². The Bertz CT molecular complexity index is 1160. The van der Waals surface area contributed by atoms with Gasteiger partial charge in [0, 0.05) is 25.2 Å². The number of ether oxygens (including phenoxy) is 1. The zero-order valence-corrected chi connectivity index (χ0v) is 18.4. The highest BCUT2D eigenvalue weighted by Crippen LogP contribution is 2.34. The molecule has 0 bridgehead atoms. The Morgan fingerprint density at radius 3 is 2.75 bits per heavy atom. The van der Waals surface area contributed by atoms with Crippen LogP contribution in [0.2, 0.25) is 5.02 Å². The van der Waals surface area contributed by atoms with Crippen molar-refractivity contribution < 1.29 is 19.4 Å². The van der Waals surface area contributed by atoms with E-state index in [-0.39, 0.29) is 23.1 Å². The maximum Gasteiger partial charge on any atom is 0.336 e. The van der Waals surface area contributed by atoms with Gasteiger partial charge in [-0.15, -0.1) is 0 Å².